The van der Waals surface area contributed by atoms with Crippen LogP contribution in [0, 0.1) is 11.6 Å². The lowest BCUT2D eigenvalue weighted by atomic mass is 10.1. The van der Waals surface area contributed by atoms with Crippen LogP contribution in [0.4, 0.5) is 31.5 Å². The molecule has 0 saturated carbocycles. The second-order valence-electron chi connectivity index (χ2n) is 14.2. The van der Waals surface area contributed by atoms with E-state index >= 15 is 0 Å². The minimum atomic E-state index is -5.30. The van der Waals surface area contributed by atoms with Gasteiger partial charge in [0.1, 0.15) is 17.8 Å². The molecule has 0 N–H and O–H groups in total. The Labute approximate surface area is 318 Å². The Balaban J connectivity index is 1.31. The number of nitrogens with zero attached hydrogens (tertiary/aromatic N) is 3. The van der Waals surface area contributed by atoms with Crippen molar-refractivity contribution in [3.63, 3.8) is 0 Å². The Hall–Kier alpha value is -5.52. The normalized spacial score (nSPS) is 12.0. The third kappa shape index (κ3) is 13.3. The molecule has 4 rings (SSSR count). The third-order valence-electron chi connectivity index (χ3n) is 7.29. The highest BCUT2D eigenvalue weighted by atomic mass is 19.4. The minimum Gasteiger partial charge on any atom is -0.475 e. The summed E-state index contributed by atoms with van der Waals surface area (Å²) in [6, 6.07) is 7.79. The van der Waals surface area contributed by atoms with Gasteiger partial charge in [-0.1, -0.05) is 6.07 Å². The van der Waals surface area contributed by atoms with E-state index < -0.39 is 60.0 Å². The topological polar surface area (TPSA) is 145 Å². The van der Waals surface area contributed by atoms with Crippen molar-refractivity contribution < 1.29 is 69.5 Å². The molecule has 0 spiro atoms. The molecule has 4 aromatic rings. The number of benzene rings is 2. The van der Waals surface area contributed by atoms with E-state index in [1.54, 1.807) is 72.1 Å². The summed E-state index contributed by atoms with van der Waals surface area (Å²) < 4.78 is 102. The Bertz CT molecular complexity index is 1990. The number of hydrogen-bond donors (Lipinski definition) is 0. The van der Waals surface area contributed by atoms with Crippen molar-refractivity contribution in [2.45, 2.75) is 78.5 Å². The van der Waals surface area contributed by atoms with Crippen molar-refractivity contribution in [3.8, 4) is 11.6 Å². The Morgan fingerprint density at radius 1 is 0.786 bits per heavy atom. The average Bonchev–Trinajstić information content (AvgIpc) is 3.08. The lowest BCUT2D eigenvalue weighted by Gasteiger charge is -2.27. The van der Waals surface area contributed by atoms with Gasteiger partial charge in [-0.3, -0.25) is 4.98 Å². The molecule has 0 atom stereocenters. The third-order valence-corrected chi connectivity index (χ3v) is 7.29. The number of unbranched alkanes of at least 4 members (excludes halogenated alkanes) is 1. The first kappa shape index (κ1) is 43.2. The first-order chi connectivity index (χ1) is 26.2. The number of alkyl halides is 3. The van der Waals surface area contributed by atoms with Crippen molar-refractivity contribution in [2.75, 3.05) is 33.2 Å². The molecule has 56 heavy (non-hydrogen) atoms. The molecule has 2 aromatic heterocycles. The predicted molar refractivity (Wildman–Crippen MR) is 190 cm³/mol. The zero-order valence-electron chi connectivity index (χ0n) is 31.6. The lowest BCUT2D eigenvalue weighted by Crippen LogP contribution is -2.37. The fourth-order valence-corrected chi connectivity index (χ4v) is 5.05. The van der Waals surface area contributed by atoms with Crippen molar-refractivity contribution in [3.05, 3.63) is 71.6 Å². The standard InChI is InChI=1S/C38H42F5N3O10/c1-36(2,3)55-34(48)46(21-23-17-28(39)31(29(40)18-23)54-38(41,42)43)13-7-8-14-50-15-16-51-32-26-11-12-44-20-27(26)25-10-9-24(19-30(25)45-32)33(47)52-22-53-35(49)56-37(4,5)6/h9-12,17-20H,7-8,13-16,21-22H2,1-6H3. The number of esters is 1. The van der Waals surface area contributed by atoms with Gasteiger partial charge in [-0.05, 0) is 90.3 Å². The Morgan fingerprint density at radius 3 is 2.14 bits per heavy atom. The van der Waals surface area contributed by atoms with Crippen LogP contribution in [-0.2, 0) is 30.2 Å². The molecular weight excluding hydrogens is 753 g/mol. The minimum absolute atomic E-state index is 0.0755. The number of ether oxygens (including phenoxy) is 7. The number of rotatable bonds is 15. The van der Waals surface area contributed by atoms with E-state index in [2.05, 4.69) is 14.7 Å². The molecule has 0 aliphatic heterocycles. The first-order valence-corrected chi connectivity index (χ1v) is 17.3. The van der Waals surface area contributed by atoms with Gasteiger partial charge < -0.3 is 38.1 Å². The molecule has 0 saturated heterocycles. The molecule has 0 aliphatic carbocycles. The molecule has 18 heteroatoms. The van der Waals surface area contributed by atoms with Crippen LogP contribution < -0.4 is 9.47 Å². The smallest absolute Gasteiger partial charge is 0.475 e. The zero-order valence-corrected chi connectivity index (χ0v) is 31.6. The van der Waals surface area contributed by atoms with Crippen molar-refractivity contribution in [2.24, 2.45) is 0 Å². The van der Waals surface area contributed by atoms with Crippen LogP contribution in [0.5, 0.6) is 11.6 Å². The summed E-state index contributed by atoms with van der Waals surface area (Å²) in [5, 5.41) is 2.08. The number of aromatic nitrogens is 2. The summed E-state index contributed by atoms with van der Waals surface area (Å²) in [4.78, 5) is 47.3. The monoisotopic (exact) mass is 795 g/mol. The number of halogens is 5. The van der Waals surface area contributed by atoms with Gasteiger partial charge in [-0.15, -0.1) is 13.2 Å². The summed E-state index contributed by atoms with van der Waals surface area (Å²) in [6.07, 6.45) is -3.02. The first-order valence-electron chi connectivity index (χ1n) is 17.3. The highest BCUT2D eigenvalue weighted by Gasteiger charge is 2.34. The van der Waals surface area contributed by atoms with E-state index in [1.807, 2.05) is 0 Å². The zero-order chi connectivity index (χ0) is 41.3. The van der Waals surface area contributed by atoms with Crippen LogP contribution >= 0.6 is 0 Å². The van der Waals surface area contributed by atoms with E-state index in [0.717, 1.165) is 0 Å². The summed E-state index contributed by atoms with van der Waals surface area (Å²) >= 11 is 0. The molecule has 2 heterocycles. The molecule has 2 aromatic carbocycles. The van der Waals surface area contributed by atoms with Gasteiger partial charge in [-0.25, -0.2) is 28.1 Å². The maximum atomic E-state index is 14.3. The van der Waals surface area contributed by atoms with Gasteiger partial charge in [0.05, 0.1) is 17.7 Å². The molecule has 0 aliphatic rings. The maximum absolute atomic E-state index is 14.3. The number of carbonyl (C=O) groups excluding carboxylic acids is 3. The van der Waals surface area contributed by atoms with Gasteiger partial charge in [-0.2, -0.15) is 0 Å². The number of hydrogen-bond acceptors (Lipinski definition) is 12. The molecule has 1 amide bonds. The maximum Gasteiger partial charge on any atom is 0.573 e. The number of fused-ring (bicyclic) bond motifs is 3. The molecule has 0 unspecified atom stereocenters. The fraction of sp³-hybridized carbons (Fsp3) is 0.447. The summed E-state index contributed by atoms with van der Waals surface area (Å²) in [7, 11) is 0. The van der Waals surface area contributed by atoms with Gasteiger partial charge >= 0.3 is 24.6 Å². The molecule has 0 radical (unpaired) electrons. The highest BCUT2D eigenvalue weighted by Crippen LogP contribution is 2.32. The molecule has 304 valence electrons. The van der Waals surface area contributed by atoms with E-state index in [-0.39, 0.29) is 49.9 Å². The number of carbonyl (C=O) groups is 3. The van der Waals surface area contributed by atoms with E-state index in [9.17, 15) is 36.3 Å². The SMILES string of the molecule is CC(C)(C)OC(=O)OCOC(=O)c1ccc2c(c1)nc(OCCOCCCCN(Cc1cc(F)c(OC(F)(F)F)c(F)c1)C(=O)OC(C)(C)C)c1ccncc12. The van der Waals surface area contributed by atoms with Crippen molar-refractivity contribution in [1.29, 1.82) is 0 Å². The second kappa shape index (κ2) is 18.4. The van der Waals surface area contributed by atoms with Crippen LogP contribution in [0.1, 0.15) is 70.3 Å². The van der Waals surface area contributed by atoms with E-state index in [0.29, 0.717) is 46.6 Å². The second-order valence-corrected chi connectivity index (χ2v) is 14.2. The largest absolute Gasteiger partial charge is 0.573 e. The van der Waals surface area contributed by atoms with E-state index in [1.165, 1.54) is 11.0 Å². The summed E-state index contributed by atoms with van der Waals surface area (Å²) in [5.74, 6) is -5.24. The van der Waals surface area contributed by atoms with Crippen LogP contribution in [0.15, 0.2) is 48.8 Å². The number of pyridine rings is 2. The average molecular weight is 796 g/mol. The van der Waals surface area contributed by atoms with Crippen LogP contribution in [0.3, 0.4) is 0 Å². The van der Waals surface area contributed by atoms with Gasteiger partial charge in [0.2, 0.25) is 18.4 Å². The van der Waals surface area contributed by atoms with Gasteiger partial charge in [0.25, 0.3) is 0 Å². The highest BCUT2D eigenvalue weighted by molar-refractivity contribution is 6.08. The van der Waals surface area contributed by atoms with Crippen LogP contribution in [-0.4, -0.2) is 83.8 Å². The summed E-state index contributed by atoms with van der Waals surface area (Å²) in [5.41, 5.74) is -1.22. The number of amides is 1. The molecule has 13 nitrogen and oxygen atoms in total. The lowest BCUT2D eigenvalue weighted by molar-refractivity contribution is -0.276. The molecule has 0 bridgehead atoms. The fourth-order valence-electron chi connectivity index (χ4n) is 5.05. The van der Waals surface area contributed by atoms with Crippen LogP contribution in [0.25, 0.3) is 21.7 Å². The quantitative estimate of drug-likeness (QED) is 0.0284. The molecular formula is C38H42F5N3O10. The predicted octanol–water partition coefficient (Wildman–Crippen LogP) is 8.64. The molecule has 0 fully saturated rings. The summed E-state index contributed by atoms with van der Waals surface area (Å²) in [6.45, 7) is 9.46. The van der Waals surface area contributed by atoms with Gasteiger partial charge in [0.15, 0.2) is 11.6 Å². The van der Waals surface area contributed by atoms with E-state index in [4.69, 9.17) is 28.4 Å². The van der Waals surface area contributed by atoms with Crippen LogP contribution in [0.2, 0.25) is 0 Å². The Kier molecular flexibility index (Phi) is 14.2. The van der Waals surface area contributed by atoms with Gasteiger partial charge in [0, 0.05) is 48.2 Å². The Morgan fingerprint density at radius 2 is 1.48 bits per heavy atom. The van der Waals surface area contributed by atoms with Crippen molar-refractivity contribution in [1.82, 2.24) is 14.9 Å². The van der Waals surface area contributed by atoms with Crippen molar-refractivity contribution >= 4 is 39.9 Å².